The van der Waals surface area contributed by atoms with E-state index in [9.17, 15) is 4.79 Å². The summed E-state index contributed by atoms with van der Waals surface area (Å²) < 4.78 is 11.0. The van der Waals surface area contributed by atoms with Gasteiger partial charge in [-0.05, 0) is 49.2 Å². The number of benzene rings is 2. The molecule has 0 fully saturated rings. The Balaban J connectivity index is 1.89. The monoisotopic (exact) mass is 371 g/mol. The quantitative estimate of drug-likeness (QED) is 0.653. The molecule has 2 aromatic carbocycles. The SMILES string of the molecule is COc1cc(C(=O)O)ccc1OCc1cc2ccc(C)c(C)c2nc1Cl. The zero-order valence-electron chi connectivity index (χ0n) is 14.7. The van der Waals surface area contributed by atoms with Gasteiger partial charge in [-0.2, -0.15) is 0 Å². The molecular weight excluding hydrogens is 354 g/mol. The molecule has 0 spiro atoms. The predicted molar refractivity (Wildman–Crippen MR) is 101 cm³/mol. The topological polar surface area (TPSA) is 68.7 Å². The number of hydrogen-bond donors (Lipinski definition) is 1. The Labute approximate surface area is 156 Å². The molecule has 1 heterocycles. The highest BCUT2D eigenvalue weighted by Crippen LogP contribution is 2.30. The summed E-state index contributed by atoms with van der Waals surface area (Å²) in [6.07, 6.45) is 0. The fourth-order valence-electron chi connectivity index (χ4n) is 2.68. The van der Waals surface area contributed by atoms with Gasteiger partial charge in [0, 0.05) is 10.9 Å². The van der Waals surface area contributed by atoms with E-state index in [0.29, 0.717) is 16.7 Å². The highest BCUT2D eigenvalue weighted by molar-refractivity contribution is 6.30. The van der Waals surface area contributed by atoms with E-state index < -0.39 is 5.97 Å². The molecule has 26 heavy (non-hydrogen) atoms. The van der Waals surface area contributed by atoms with E-state index >= 15 is 0 Å². The molecule has 3 rings (SSSR count). The average molecular weight is 372 g/mol. The first-order valence-electron chi connectivity index (χ1n) is 8.00. The number of nitrogens with zero attached hydrogens (tertiary/aromatic N) is 1. The number of methoxy groups -OCH3 is 1. The molecule has 0 radical (unpaired) electrons. The Kier molecular flexibility index (Phi) is 5.00. The third-order valence-corrected chi connectivity index (χ3v) is 4.66. The molecule has 0 unspecified atom stereocenters. The maximum absolute atomic E-state index is 11.1. The fraction of sp³-hybridized carbons (Fsp3) is 0.200. The Morgan fingerprint density at radius 1 is 1.15 bits per heavy atom. The minimum Gasteiger partial charge on any atom is -0.493 e. The summed E-state index contributed by atoms with van der Waals surface area (Å²) in [6.45, 7) is 4.25. The van der Waals surface area contributed by atoms with Gasteiger partial charge < -0.3 is 14.6 Å². The van der Waals surface area contributed by atoms with Crippen molar-refractivity contribution in [2.75, 3.05) is 7.11 Å². The van der Waals surface area contributed by atoms with Crippen molar-refractivity contribution in [3.05, 3.63) is 63.8 Å². The molecule has 0 saturated heterocycles. The lowest BCUT2D eigenvalue weighted by Crippen LogP contribution is -2.02. The molecule has 3 aromatic rings. The largest absolute Gasteiger partial charge is 0.493 e. The lowest BCUT2D eigenvalue weighted by atomic mass is 10.0. The first-order valence-corrected chi connectivity index (χ1v) is 8.38. The summed E-state index contributed by atoms with van der Waals surface area (Å²) in [4.78, 5) is 15.6. The van der Waals surface area contributed by atoms with Crippen LogP contribution in [0.2, 0.25) is 5.15 Å². The number of aromatic carboxylic acids is 1. The zero-order valence-corrected chi connectivity index (χ0v) is 15.4. The molecule has 0 aliphatic carbocycles. The number of carboxylic acid groups (broad SMARTS) is 1. The number of rotatable bonds is 5. The number of fused-ring (bicyclic) bond motifs is 1. The van der Waals surface area contributed by atoms with Crippen molar-refractivity contribution in [1.29, 1.82) is 0 Å². The van der Waals surface area contributed by atoms with Crippen LogP contribution in [0.4, 0.5) is 0 Å². The van der Waals surface area contributed by atoms with Crippen LogP contribution >= 0.6 is 11.6 Å². The Morgan fingerprint density at radius 3 is 2.62 bits per heavy atom. The molecule has 0 atom stereocenters. The summed E-state index contributed by atoms with van der Waals surface area (Å²) in [6, 6.07) is 10.5. The van der Waals surface area contributed by atoms with E-state index in [0.717, 1.165) is 27.6 Å². The molecular formula is C20H18ClNO4. The summed E-state index contributed by atoms with van der Waals surface area (Å²) in [5, 5.41) is 10.4. The Hall–Kier alpha value is -2.79. The number of aryl methyl sites for hydroxylation is 2. The summed E-state index contributed by atoms with van der Waals surface area (Å²) >= 11 is 6.33. The normalized spacial score (nSPS) is 10.8. The number of ether oxygens (including phenoxy) is 2. The van der Waals surface area contributed by atoms with E-state index in [-0.39, 0.29) is 12.2 Å². The number of aromatic nitrogens is 1. The smallest absolute Gasteiger partial charge is 0.335 e. The van der Waals surface area contributed by atoms with Crippen LogP contribution in [0.15, 0.2) is 36.4 Å². The lowest BCUT2D eigenvalue weighted by Gasteiger charge is -2.13. The highest BCUT2D eigenvalue weighted by Gasteiger charge is 2.12. The number of carbonyl (C=O) groups is 1. The third-order valence-electron chi connectivity index (χ3n) is 4.33. The van der Waals surface area contributed by atoms with Crippen molar-refractivity contribution in [2.45, 2.75) is 20.5 Å². The van der Waals surface area contributed by atoms with E-state index in [4.69, 9.17) is 26.2 Å². The van der Waals surface area contributed by atoms with Crippen LogP contribution in [0.5, 0.6) is 11.5 Å². The zero-order chi connectivity index (χ0) is 18.8. The van der Waals surface area contributed by atoms with Crippen molar-refractivity contribution < 1.29 is 19.4 Å². The molecule has 1 aromatic heterocycles. The van der Waals surface area contributed by atoms with Crippen LogP contribution < -0.4 is 9.47 Å². The first kappa shape index (κ1) is 18.0. The predicted octanol–water partition coefficient (Wildman–Crippen LogP) is 4.79. The first-order chi connectivity index (χ1) is 12.4. The van der Waals surface area contributed by atoms with E-state index in [1.54, 1.807) is 6.07 Å². The van der Waals surface area contributed by atoms with Gasteiger partial charge in [0.2, 0.25) is 0 Å². The van der Waals surface area contributed by atoms with E-state index in [2.05, 4.69) is 4.98 Å². The second-order valence-electron chi connectivity index (χ2n) is 5.98. The number of pyridine rings is 1. The van der Waals surface area contributed by atoms with E-state index in [1.807, 2.05) is 32.0 Å². The second-order valence-corrected chi connectivity index (χ2v) is 6.33. The van der Waals surface area contributed by atoms with Crippen molar-refractivity contribution in [3.8, 4) is 11.5 Å². The standard InChI is InChI=1S/C20H18ClNO4/c1-11-4-5-13-8-15(19(21)22-18(13)12(11)2)10-26-16-7-6-14(20(23)24)9-17(16)25-3/h4-9H,10H2,1-3H3,(H,23,24). The summed E-state index contributed by atoms with van der Waals surface area (Å²) in [5.41, 5.74) is 4.01. The van der Waals surface area contributed by atoms with Crippen molar-refractivity contribution >= 4 is 28.5 Å². The average Bonchev–Trinajstić information content (AvgIpc) is 2.63. The van der Waals surface area contributed by atoms with Gasteiger partial charge in [-0.3, -0.25) is 0 Å². The molecule has 0 saturated carbocycles. The van der Waals surface area contributed by atoms with Gasteiger partial charge in [-0.1, -0.05) is 23.7 Å². The van der Waals surface area contributed by atoms with Crippen molar-refractivity contribution in [1.82, 2.24) is 4.98 Å². The van der Waals surface area contributed by atoms with Crippen molar-refractivity contribution in [3.63, 3.8) is 0 Å². The van der Waals surface area contributed by atoms with Crippen LogP contribution in [0.25, 0.3) is 10.9 Å². The third kappa shape index (κ3) is 3.44. The Morgan fingerprint density at radius 2 is 1.92 bits per heavy atom. The molecule has 0 aliphatic heterocycles. The van der Waals surface area contributed by atoms with Gasteiger partial charge in [0.05, 0.1) is 18.2 Å². The van der Waals surface area contributed by atoms with Gasteiger partial charge in [-0.15, -0.1) is 0 Å². The summed E-state index contributed by atoms with van der Waals surface area (Å²) in [7, 11) is 1.46. The molecule has 6 heteroatoms. The van der Waals surface area contributed by atoms with Crippen LogP contribution in [-0.4, -0.2) is 23.2 Å². The molecule has 5 nitrogen and oxygen atoms in total. The van der Waals surface area contributed by atoms with Crippen LogP contribution in [0.3, 0.4) is 0 Å². The lowest BCUT2D eigenvalue weighted by molar-refractivity contribution is 0.0696. The second kappa shape index (κ2) is 7.22. The maximum Gasteiger partial charge on any atom is 0.335 e. The maximum atomic E-state index is 11.1. The minimum atomic E-state index is -1.03. The van der Waals surface area contributed by atoms with Gasteiger partial charge in [0.25, 0.3) is 0 Å². The number of hydrogen-bond acceptors (Lipinski definition) is 4. The van der Waals surface area contributed by atoms with Gasteiger partial charge in [-0.25, -0.2) is 9.78 Å². The number of carboxylic acids is 1. The van der Waals surface area contributed by atoms with Crippen LogP contribution in [0.1, 0.15) is 27.0 Å². The highest BCUT2D eigenvalue weighted by atomic mass is 35.5. The van der Waals surface area contributed by atoms with Gasteiger partial charge in [0.1, 0.15) is 11.8 Å². The molecule has 0 bridgehead atoms. The van der Waals surface area contributed by atoms with Crippen molar-refractivity contribution in [2.24, 2.45) is 0 Å². The van der Waals surface area contributed by atoms with Gasteiger partial charge in [0.15, 0.2) is 11.5 Å². The molecule has 0 aliphatic rings. The Bertz CT molecular complexity index is 1000. The van der Waals surface area contributed by atoms with E-state index in [1.165, 1.54) is 19.2 Å². The van der Waals surface area contributed by atoms with Crippen LogP contribution in [-0.2, 0) is 6.61 Å². The minimum absolute atomic E-state index is 0.130. The number of halogens is 1. The molecule has 0 amide bonds. The fourth-order valence-corrected chi connectivity index (χ4v) is 2.87. The van der Waals surface area contributed by atoms with Gasteiger partial charge >= 0.3 is 5.97 Å². The molecule has 1 N–H and O–H groups in total. The molecule has 134 valence electrons. The summed E-state index contributed by atoms with van der Waals surface area (Å²) in [5.74, 6) is -0.239. The van der Waals surface area contributed by atoms with Crippen LogP contribution in [0, 0.1) is 13.8 Å².